The summed E-state index contributed by atoms with van der Waals surface area (Å²) in [5.41, 5.74) is 20.7. The lowest BCUT2D eigenvalue weighted by atomic mass is 9.34. The zero-order valence-corrected chi connectivity index (χ0v) is 47.2. The standard InChI is InChI=1S/C70H64BN3S2/c1-11-12-19-42-26-35-62-65(50-22-15-18-25-61(50)75-62)67(42)74-59-40-46(72-55-23-16-13-20-48(55)51-36-43(68(2,3)4)27-33-57(51)72)29-31-53(59)71-54-32-30-47(41-63(54)76-64-39-45(70(8,9)10)38-60(74)66(64)71)73-56-24-17-14-21-49(56)52-37-44(69(5,6)7)28-34-58(52)73/h13-18,20-41H,11-12,19H2,1-10H3. The summed E-state index contributed by atoms with van der Waals surface area (Å²) in [4.78, 5) is 5.42. The molecule has 2 aliphatic rings. The molecule has 0 saturated carbocycles. The fourth-order valence-electron chi connectivity index (χ4n) is 12.8. The lowest BCUT2D eigenvalue weighted by Gasteiger charge is -2.42. The molecule has 0 radical (unpaired) electrons. The Morgan fingerprint density at radius 1 is 0.447 bits per heavy atom. The molecule has 2 aliphatic heterocycles. The van der Waals surface area contributed by atoms with Gasteiger partial charge in [-0.2, -0.15) is 0 Å². The quantitative estimate of drug-likeness (QED) is 0.154. The van der Waals surface area contributed by atoms with Crippen LogP contribution in [0, 0.1) is 0 Å². The van der Waals surface area contributed by atoms with Crippen LogP contribution in [0.3, 0.4) is 0 Å². The molecule has 9 aromatic carbocycles. The number of benzene rings is 9. The van der Waals surface area contributed by atoms with Crippen LogP contribution in [0.15, 0.2) is 180 Å². The Bertz CT molecular complexity index is 4390. The second kappa shape index (κ2) is 17.0. The number of thiophene rings is 1. The van der Waals surface area contributed by atoms with E-state index < -0.39 is 0 Å². The van der Waals surface area contributed by atoms with Crippen LogP contribution in [0.5, 0.6) is 0 Å². The summed E-state index contributed by atoms with van der Waals surface area (Å²) < 4.78 is 7.71. The summed E-state index contributed by atoms with van der Waals surface area (Å²) in [6.07, 6.45) is 3.26. The van der Waals surface area contributed by atoms with Gasteiger partial charge in [-0.3, -0.25) is 0 Å². The Labute approximate surface area is 456 Å². The van der Waals surface area contributed by atoms with Gasteiger partial charge in [-0.15, -0.1) is 11.3 Å². The monoisotopic (exact) mass is 1020 g/mol. The molecule has 0 unspecified atom stereocenters. The van der Waals surface area contributed by atoms with Crippen LogP contribution >= 0.6 is 23.1 Å². The van der Waals surface area contributed by atoms with Gasteiger partial charge in [0.1, 0.15) is 0 Å². The molecule has 0 amide bonds. The largest absolute Gasteiger partial charge is 0.310 e. The van der Waals surface area contributed by atoms with Crippen molar-refractivity contribution in [2.24, 2.45) is 0 Å². The third-order valence-corrected chi connectivity index (χ3v) is 19.1. The van der Waals surface area contributed by atoms with Gasteiger partial charge in [0.2, 0.25) is 6.71 Å². The van der Waals surface area contributed by atoms with Gasteiger partial charge in [-0.1, -0.05) is 178 Å². The molecule has 12 aromatic rings. The lowest BCUT2D eigenvalue weighted by Crippen LogP contribution is -2.60. The first-order chi connectivity index (χ1) is 36.5. The Hall–Kier alpha value is -6.99. The summed E-state index contributed by atoms with van der Waals surface area (Å²) in [6, 6.07) is 66.3. The van der Waals surface area contributed by atoms with Gasteiger partial charge in [-0.25, -0.2) is 0 Å². The SMILES string of the molecule is CCCCc1ccc2sc3ccccc3c2c1N1c2cc(-n3c4ccccc4c4cc(C(C)(C)C)ccc43)ccc2B2c3ccc(-n4c5ccccc5c5cc(C(C)(C)C)ccc54)cc3Sc3cc(C(C)(C)C)cc1c32. The van der Waals surface area contributed by atoms with Crippen LogP contribution < -0.4 is 21.3 Å². The fourth-order valence-corrected chi connectivity index (χ4v) is 15.1. The van der Waals surface area contributed by atoms with Crippen molar-refractivity contribution in [1.29, 1.82) is 0 Å². The first-order valence-corrected chi connectivity index (χ1v) is 29.1. The maximum absolute atomic E-state index is 2.76. The van der Waals surface area contributed by atoms with Crippen molar-refractivity contribution in [2.75, 3.05) is 4.90 Å². The smallest absolute Gasteiger partial charge is 0.249 e. The minimum absolute atomic E-state index is 0.0159. The van der Waals surface area contributed by atoms with E-state index in [9.17, 15) is 0 Å². The molecule has 0 bridgehead atoms. The van der Waals surface area contributed by atoms with Crippen LogP contribution in [-0.4, -0.2) is 15.8 Å². The average Bonchev–Trinajstić information content (AvgIpc) is 4.08. The molecule has 0 atom stereocenters. The number of anilines is 3. The predicted octanol–water partition coefficient (Wildman–Crippen LogP) is 18.2. The van der Waals surface area contributed by atoms with Gasteiger partial charge in [0, 0.05) is 74.3 Å². The number of para-hydroxylation sites is 2. The third kappa shape index (κ3) is 7.23. The molecule has 0 N–H and O–H groups in total. The number of hydrogen-bond donors (Lipinski definition) is 0. The maximum Gasteiger partial charge on any atom is 0.249 e. The van der Waals surface area contributed by atoms with Crippen molar-refractivity contribution < 1.29 is 0 Å². The van der Waals surface area contributed by atoms with Crippen molar-refractivity contribution in [1.82, 2.24) is 9.13 Å². The van der Waals surface area contributed by atoms with E-state index in [4.69, 9.17) is 0 Å². The van der Waals surface area contributed by atoms with Crippen molar-refractivity contribution in [2.45, 2.75) is 115 Å². The molecular formula is C70H64BN3S2. The summed E-state index contributed by atoms with van der Waals surface area (Å²) in [6.45, 7) is 23.4. The Kier molecular flexibility index (Phi) is 10.6. The van der Waals surface area contributed by atoms with Crippen LogP contribution in [0.4, 0.5) is 17.1 Å². The first kappa shape index (κ1) is 47.5. The van der Waals surface area contributed by atoms with Crippen molar-refractivity contribution in [3.05, 3.63) is 192 Å². The van der Waals surface area contributed by atoms with E-state index in [1.165, 1.54) is 141 Å². The maximum atomic E-state index is 2.76. The summed E-state index contributed by atoms with van der Waals surface area (Å²) in [5.74, 6) is 0. The van der Waals surface area contributed by atoms with E-state index in [2.05, 4.69) is 253 Å². The van der Waals surface area contributed by atoms with Crippen molar-refractivity contribution in [3.8, 4) is 11.4 Å². The van der Waals surface area contributed by atoms with Gasteiger partial charge < -0.3 is 14.0 Å². The van der Waals surface area contributed by atoms with Gasteiger partial charge in [-0.05, 0) is 147 Å². The predicted molar refractivity (Wildman–Crippen MR) is 333 cm³/mol. The van der Waals surface area contributed by atoms with Crippen molar-refractivity contribution >= 4 is 127 Å². The zero-order chi connectivity index (χ0) is 52.2. The molecule has 76 heavy (non-hydrogen) atoms. The third-order valence-electron chi connectivity index (χ3n) is 16.8. The summed E-state index contributed by atoms with van der Waals surface area (Å²) >= 11 is 3.90. The first-order valence-electron chi connectivity index (χ1n) is 27.5. The van der Waals surface area contributed by atoms with E-state index >= 15 is 0 Å². The number of nitrogens with zero attached hydrogens (tertiary/aromatic N) is 3. The second-order valence-corrected chi connectivity index (χ2v) is 27.0. The topological polar surface area (TPSA) is 13.1 Å². The molecule has 0 saturated heterocycles. The zero-order valence-electron chi connectivity index (χ0n) is 45.5. The Balaban J connectivity index is 1.06. The highest BCUT2D eigenvalue weighted by molar-refractivity contribution is 8.00. The van der Waals surface area contributed by atoms with Gasteiger partial charge in [0.15, 0.2) is 0 Å². The highest BCUT2D eigenvalue weighted by Crippen LogP contribution is 2.51. The molecule has 6 heteroatoms. The summed E-state index contributed by atoms with van der Waals surface area (Å²) in [5, 5.41) is 7.87. The van der Waals surface area contributed by atoms with E-state index in [0.717, 1.165) is 19.3 Å². The minimum atomic E-state index is -0.104. The lowest BCUT2D eigenvalue weighted by molar-refractivity contribution is 0.589. The normalized spacial score (nSPS) is 13.7. The molecule has 3 nitrogen and oxygen atoms in total. The number of aromatic nitrogens is 2. The molecule has 5 heterocycles. The number of hydrogen-bond acceptors (Lipinski definition) is 3. The molecule has 374 valence electrons. The van der Waals surface area contributed by atoms with Crippen LogP contribution in [0.2, 0.25) is 0 Å². The second-order valence-electron chi connectivity index (χ2n) is 24.8. The van der Waals surface area contributed by atoms with Gasteiger partial charge in [0.25, 0.3) is 0 Å². The van der Waals surface area contributed by atoms with E-state index in [0.29, 0.717) is 0 Å². The van der Waals surface area contributed by atoms with E-state index in [-0.39, 0.29) is 23.0 Å². The molecule has 14 rings (SSSR count). The van der Waals surface area contributed by atoms with Gasteiger partial charge in [0.05, 0.1) is 27.8 Å². The number of aryl methyl sites for hydroxylation is 1. The molecular weight excluding hydrogens is 958 g/mol. The van der Waals surface area contributed by atoms with Gasteiger partial charge >= 0.3 is 0 Å². The molecule has 3 aromatic heterocycles. The highest BCUT2D eigenvalue weighted by atomic mass is 32.2. The van der Waals surface area contributed by atoms with Crippen LogP contribution in [0.25, 0.3) is 75.2 Å². The number of fused-ring (bicyclic) bond motifs is 13. The average molecular weight is 1020 g/mol. The van der Waals surface area contributed by atoms with E-state index in [1.807, 2.05) is 23.1 Å². The van der Waals surface area contributed by atoms with E-state index in [1.54, 1.807) is 0 Å². The number of rotatable bonds is 6. The minimum Gasteiger partial charge on any atom is -0.310 e. The molecule has 0 spiro atoms. The molecule has 0 fully saturated rings. The highest BCUT2D eigenvalue weighted by Gasteiger charge is 2.43. The van der Waals surface area contributed by atoms with Crippen LogP contribution in [-0.2, 0) is 22.7 Å². The van der Waals surface area contributed by atoms with Crippen LogP contribution in [0.1, 0.15) is 104 Å². The number of unbranched alkanes of at least 4 members (excludes halogenated alkanes) is 1. The molecule has 0 aliphatic carbocycles. The van der Waals surface area contributed by atoms with Crippen molar-refractivity contribution in [3.63, 3.8) is 0 Å². The Morgan fingerprint density at radius 2 is 1.01 bits per heavy atom. The summed E-state index contributed by atoms with van der Waals surface area (Å²) in [7, 11) is 0. The fraction of sp³-hybridized carbons (Fsp3) is 0.229. The Morgan fingerprint density at radius 3 is 1.63 bits per heavy atom.